The zero-order chi connectivity index (χ0) is 14.0. The van der Waals surface area contributed by atoms with Gasteiger partial charge in [-0.15, -0.1) is 0 Å². The van der Waals surface area contributed by atoms with Gasteiger partial charge < -0.3 is 15.4 Å². The summed E-state index contributed by atoms with van der Waals surface area (Å²) in [5.74, 6) is 1.06. The van der Waals surface area contributed by atoms with E-state index in [1.54, 1.807) is 6.20 Å². The highest BCUT2D eigenvalue weighted by atomic mass is 79.9. The van der Waals surface area contributed by atoms with Gasteiger partial charge in [0.05, 0.1) is 10.2 Å². The van der Waals surface area contributed by atoms with E-state index >= 15 is 0 Å². The molecule has 1 heterocycles. The maximum atomic E-state index is 5.92. The van der Waals surface area contributed by atoms with Crippen molar-refractivity contribution in [2.75, 3.05) is 24.7 Å². The first-order valence-electron chi connectivity index (χ1n) is 5.53. The van der Waals surface area contributed by atoms with Crippen LogP contribution in [0, 0.1) is 0 Å². The molecule has 1 aromatic heterocycles. The van der Waals surface area contributed by atoms with Crippen LogP contribution >= 0.6 is 31.9 Å². The topological polar surface area (TPSA) is 51.4 Å². The summed E-state index contributed by atoms with van der Waals surface area (Å²) in [6.45, 7) is 0. The van der Waals surface area contributed by atoms with Gasteiger partial charge in [0.2, 0.25) is 5.88 Å². The van der Waals surface area contributed by atoms with Gasteiger partial charge >= 0.3 is 0 Å². The van der Waals surface area contributed by atoms with E-state index in [9.17, 15) is 0 Å². The van der Waals surface area contributed by atoms with Gasteiger partial charge in [0.15, 0.2) is 5.75 Å². The second kappa shape index (κ2) is 5.79. The van der Waals surface area contributed by atoms with E-state index in [0.29, 0.717) is 17.3 Å². The molecule has 0 saturated carbocycles. The van der Waals surface area contributed by atoms with Crippen molar-refractivity contribution in [3.63, 3.8) is 0 Å². The monoisotopic (exact) mass is 385 g/mol. The van der Waals surface area contributed by atoms with Gasteiger partial charge in [-0.1, -0.05) is 0 Å². The molecule has 0 atom stereocenters. The van der Waals surface area contributed by atoms with Gasteiger partial charge in [-0.05, 0) is 50.1 Å². The van der Waals surface area contributed by atoms with Gasteiger partial charge in [-0.25, -0.2) is 4.98 Å². The number of nitrogens with zero attached hydrogens (tertiary/aromatic N) is 2. The first kappa shape index (κ1) is 14.1. The molecular weight excluding hydrogens is 374 g/mol. The van der Waals surface area contributed by atoms with Crippen LogP contribution in [0.15, 0.2) is 39.4 Å². The molecule has 0 bridgehead atoms. The number of hydrogen-bond acceptors (Lipinski definition) is 4. The number of nitrogens with two attached hydrogens (primary N) is 1. The van der Waals surface area contributed by atoms with E-state index in [4.69, 9.17) is 10.5 Å². The molecule has 0 fully saturated rings. The number of nitrogen functional groups attached to an aromatic ring is 1. The maximum Gasteiger partial charge on any atom is 0.233 e. The van der Waals surface area contributed by atoms with Crippen molar-refractivity contribution in [3.05, 3.63) is 39.4 Å². The number of halogens is 2. The van der Waals surface area contributed by atoms with E-state index < -0.39 is 0 Å². The first-order valence-corrected chi connectivity index (χ1v) is 7.11. The quantitative estimate of drug-likeness (QED) is 0.808. The molecule has 0 amide bonds. The van der Waals surface area contributed by atoms with Crippen LogP contribution in [0.5, 0.6) is 11.6 Å². The number of ether oxygens (including phenoxy) is 1. The summed E-state index contributed by atoms with van der Waals surface area (Å²) in [4.78, 5) is 6.19. The minimum Gasteiger partial charge on any atom is -0.436 e. The molecule has 0 aliphatic rings. The summed E-state index contributed by atoms with van der Waals surface area (Å²) in [5.41, 5.74) is 7.50. The third kappa shape index (κ3) is 3.39. The molecule has 2 rings (SSSR count). The number of anilines is 2. The standard InChI is InChI=1S/C13H13Br2N3O/c1-18(2)9-3-4-11(16)12(6-9)19-13-10(15)5-8(14)7-17-13/h3-7H,16H2,1-2H3. The second-order valence-corrected chi connectivity index (χ2v) is 5.93. The van der Waals surface area contributed by atoms with Crippen LogP contribution in [0.1, 0.15) is 0 Å². The highest BCUT2D eigenvalue weighted by Gasteiger charge is 2.09. The van der Waals surface area contributed by atoms with E-state index in [-0.39, 0.29) is 0 Å². The number of aromatic nitrogens is 1. The minimum absolute atomic E-state index is 0.478. The number of rotatable bonds is 3. The number of hydrogen-bond donors (Lipinski definition) is 1. The van der Waals surface area contributed by atoms with Crippen LogP contribution in [0.25, 0.3) is 0 Å². The lowest BCUT2D eigenvalue weighted by atomic mass is 10.2. The molecule has 0 aliphatic carbocycles. The predicted octanol–water partition coefficient (Wildman–Crippen LogP) is 4.05. The molecule has 0 aliphatic heterocycles. The van der Waals surface area contributed by atoms with Gasteiger partial charge in [-0.2, -0.15) is 0 Å². The first-order chi connectivity index (χ1) is 8.97. The fourth-order valence-corrected chi connectivity index (χ4v) is 2.54. The van der Waals surface area contributed by atoms with Crippen molar-refractivity contribution in [2.45, 2.75) is 0 Å². The molecule has 19 heavy (non-hydrogen) atoms. The summed E-state index contributed by atoms with van der Waals surface area (Å²) >= 11 is 6.76. The highest BCUT2D eigenvalue weighted by Crippen LogP contribution is 2.34. The molecule has 6 heteroatoms. The van der Waals surface area contributed by atoms with Crippen molar-refractivity contribution in [1.29, 1.82) is 0 Å². The van der Waals surface area contributed by atoms with Crippen LogP contribution in [0.4, 0.5) is 11.4 Å². The second-order valence-electron chi connectivity index (χ2n) is 4.16. The average molecular weight is 387 g/mol. The Balaban J connectivity index is 2.34. The van der Waals surface area contributed by atoms with Crippen molar-refractivity contribution in [3.8, 4) is 11.6 Å². The van der Waals surface area contributed by atoms with Gasteiger partial charge in [0.25, 0.3) is 0 Å². The molecular formula is C13H13Br2N3O. The van der Waals surface area contributed by atoms with Crippen molar-refractivity contribution in [1.82, 2.24) is 4.98 Å². The molecule has 0 radical (unpaired) electrons. The lowest BCUT2D eigenvalue weighted by Crippen LogP contribution is -2.08. The average Bonchev–Trinajstić information content (AvgIpc) is 2.34. The Hall–Kier alpha value is -1.27. The molecule has 100 valence electrons. The van der Waals surface area contributed by atoms with Crippen molar-refractivity contribution >= 4 is 43.2 Å². The molecule has 2 aromatic rings. The Bertz CT molecular complexity index is 602. The third-order valence-corrected chi connectivity index (χ3v) is 3.50. The fraction of sp³-hybridized carbons (Fsp3) is 0.154. The fourth-order valence-electron chi connectivity index (χ4n) is 1.47. The van der Waals surface area contributed by atoms with Crippen molar-refractivity contribution in [2.24, 2.45) is 0 Å². The Morgan fingerprint density at radius 2 is 1.95 bits per heavy atom. The summed E-state index contributed by atoms with van der Waals surface area (Å²) in [5, 5.41) is 0. The van der Waals surface area contributed by atoms with Crippen LogP contribution in [-0.2, 0) is 0 Å². The molecule has 4 nitrogen and oxygen atoms in total. The molecule has 0 saturated heterocycles. The lowest BCUT2D eigenvalue weighted by molar-refractivity contribution is 0.461. The third-order valence-electron chi connectivity index (χ3n) is 2.49. The van der Waals surface area contributed by atoms with Crippen LogP contribution in [0.2, 0.25) is 0 Å². The van der Waals surface area contributed by atoms with E-state index in [0.717, 1.165) is 14.6 Å². The zero-order valence-electron chi connectivity index (χ0n) is 10.5. The zero-order valence-corrected chi connectivity index (χ0v) is 13.7. The molecule has 2 N–H and O–H groups in total. The van der Waals surface area contributed by atoms with Crippen LogP contribution in [0.3, 0.4) is 0 Å². The molecule has 1 aromatic carbocycles. The molecule has 0 spiro atoms. The number of benzene rings is 1. The van der Waals surface area contributed by atoms with E-state index in [1.165, 1.54) is 0 Å². The highest BCUT2D eigenvalue weighted by molar-refractivity contribution is 9.11. The Morgan fingerprint density at radius 3 is 2.58 bits per heavy atom. The van der Waals surface area contributed by atoms with E-state index in [1.807, 2.05) is 43.3 Å². The summed E-state index contributed by atoms with van der Waals surface area (Å²) in [6.07, 6.45) is 1.67. The van der Waals surface area contributed by atoms with E-state index in [2.05, 4.69) is 36.8 Å². The van der Waals surface area contributed by atoms with Crippen LogP contribution < -0.4 is 15.4 Å². The predicted molar refractivity (Wildman–Crippen MR) is 84.9 cm³/mol. The maximum absolute atomic E-state index is 5.92. The minimum atomic E-state index is 0.478. The van der Waals surface area contributed by atoms with Gasteiger partial charge in [0, 0.05) is 36.5 Å². The Morgan fingerprint density at radius 1 is 1.21 bits per heavy atom. The largest absolute Gasteiger partial charge is 0.436 e. The smallest absolute Gasteiger partial charge is 0.233 e. The van der Waals surface area contributed by atoms with Crippen molar-refractivity contribution < 1.29 is 4.74 Å². The normalized spacial score (nSPS) is 10.3. The van der Waals surface area contributed by atoms with Gasteiger partial charge in [0.1, 0.15) is 0 Å². The number of pyridine rings is 1. The van der Waals surface area contributed by atoms with Gasteiger partial charge in [-0.3, -0.25) is 0 Å². The van der Waals surface area contributed by atoms with Crippen LogP contribution in [-0.4, -0.2) is 19.1 Å². The summed E-state index contributed by atoms with van der Waals surface area (Å²) < 4.78 is 7.39. The Labute approximate surface area is 128 Å². The SMILES string of the molecule is CN(C)c1ccc(N)c(Oc2ncc(Br)cc2Br)c1. The lowest BCUT2D eigenvalue weighted by Gasteiger charge is -2.15. The molecule has 0 unspecified atom stereocenters. The summed E-state index contributed by atoms with van der Waals surface area (Å²) in [7, 11) is 3.92. The summed E-state index contributed by atoms with van der Waals surface area (Å²) in [6, 6.07) is 7.50. The Kier molecular flexibility index (Phi) is 4.31.